The molecule has 252 valence electrons. The van der Waals surface area contributed by atoms with E-state index in [1.54, 1.807) is 29.3 Å². The minimum Gasteiger partial charge on any atom is -0.461 e. The number of nitrogens with one attached hydrogen (secondary N) is 1. The van der Waals surface area contributed by atoms with Gasteiger partial charge in [0.25, 0.3) is 0 Å². The molecule has 1 saturated heterocycles. The van der Waals surface area contributed by atoms with E-state index >= 15 is 0 Å². The van der Waals surface area contributed by atoms with Gasteiger partial charge in [0.15, 0.2) is 11.6 Å². The molecule has 2 aliphatic rings. The van der Waals surface area contributed by atoms with Crippen LogP contribution in [0.15, 0.2) is 48.7 Å². The highest BCUT2D eigenvalue weighted by Gasteiger charge is 2.41. The van der Waals surface area contributed by atoms with E-state index < -0.39 is 17.7 Å². The van der Waals surface area contributed by atoms with E-state index in [1.807, 2.05) is 32.9 Å². The third kappa shape index (κ3) is 9.06. The number of hydrogen-bond acceptors (Lipinski definition) is 9. The third-order valence-electron chi connectivity index (χ3n) is 8.66. The van der Waals surface area contributed by atoms with Crippen molar-refractivity contribution in [3.8, 4) is 11.3 Å². The fourth-order valence-corrected chi connectivity index (χ4v) is 6.63. The zero-order valence-electron chi connectivity index (χ0n) is 27.5. The van der Waals surface area contributed by atoms with E-state index in [0.29, 0.717) is 47.6 Å². The van der Waals surface area contributed by atoms with Gasteiger partial charge in [0.1, 0.15) is 17.7 Å². The number of aromatic nitrogens is 2. The summed E-state index contributed by atoms with van der Waals surface area (Å²) in [5.74, 6) is 0.387. The molecule has 47 heavy (non-hydrogen) atoms. The summed E-state index contributed by atoms with van der Waals surface area (Å²) in [6, 6.07) is 12.9. The Bertz CT molecular complexity index is 1540. The fourth-order valence-electron chi connectivity index (χ4n) is 6.10. The van der Waals surface area contributed by atoms with Gasteiger partial charge in [-0.3, -0.25) is 9.80 Å². The Kier molecular flexibility index (Phi) is 11.1. The molecule has 12 heteroatoms. The third-order valence-corrected chi connectivity index (χ3v) is 9.37. The molecule has 2 fully saturated rings. The van der Waals surface area contributed by atoms with Crippen molar-refractivity contribution in [3.05, 3.63) is 69.8 Å². The average Bonchev–Trinajstić information content (AvgIpc) is 3.54. The van der Waals surface area contributed by atoms with Crippen LogP contribution in [-0.4, -0.2) is 69.2 Å². The van der Waals surface area contributed by atoms with E-state index in [-0.39, 0.29) is 23.9 Å². The van der Waals surface area contributed by atoms with Crippen LogP contribution in [0.2, 0.25) is 10.0 Å². The lowest BCUT2D eigenvalue weighted by Gasteiger charge is -2.41. The van der Waals surface area contributed by atoms with Gasteiger partial charge in [0.05, 0.1) is 11.9 Å². The van der Waals surface area contributed by atoms with Crippen LogP contribution in [-0.2, 0) is 27.4 Å². The van der Waals surface area contributed by atoms with Gasteiger partial charge in [-0.2, -0.15) is 0 Å². The lowest BCUT2D eigenvalue weighted by molar-refractivity contribution is -0.157. The van der Waals surface area contributed by atoms with E-state index in [2.05, 4.69) is 34.4 Å². The molecule has 1 aliphatic carbocycles. The number of nitrogens with zero attached hydrogens (tertiary/aromatic N) is 4. The zero-order chi connectivity index (χ0) is 33.7. The van der Waals surface area contributed by atoms with Gasteiger partial charge in [-0.15, -0.1) is 0 Å². The Labute approximate surface area is 286 Å². The number of anilines is 2. The van der Waals surface area contributed by atoms with Crippen LogP contribution < -0.4 is 11.1 Å². The molecule has 3 aromatic rings. The Morgan fingerprint density at radius 1 is 1.06 bits per heavy atom. The zero-order valence-corrected chi connectivity index (χ0v) is 29.0. The van der Waals surface area contributed by atoms with Crippen molar-refractivity contribution in [1.82, 2.24) is 19.8 Å². The first-order valence-corrected chi connectivity index (χ1v) is 16.9. The summed E-state index contributed by atoms with van der Waals surface area (Å²) in [6.07, 6.45) is 6.18. The second-order valence-electron chi connectivity index (χ2n) is 13.4. The molecule has 1 aliphatic heterocycles. The number of nitrogen functional groups attached to an aromatic ring is 1. The Hall–Kier alpha value is -3.60. The first kappa shape index (κ1) is 34.7. The van der Waals surface area contributed by atoms with Gasteiger partial charge < -0.3 is 20.5 Å². The maximum absolute atomic E-state index is 13.4. The second kappa shape index (κ2) is 15.1. The van der Waals surface area contributed by atoms with Crippen molar-refractivity contribution in [2.75, 3.05) is 24.6 Å². The Morgan fingerprint density at radius 2 is 1.74 bits per heavy atom. The molecular formula is C35H44Cl2N6O4. The molecule has 2 atom stereocenters. The number of amides is 1. The SMILES string of the molecule is CN(Cc1ccc(-c2cnc(N)c(NCc3c(Cl)cccc3Cl)n2)cc1)C1CCN(C(=O)OC(C)(C)C)[C@@H](C(=O)OC2CCCC2)C1. The van der Waals surface area contributed by atoms with Gasteiger partial charge in [-0.25, -0.2) is 19.6 Å². The number of rotatable bonds is 9. The van der Waals surface area contributed by atoms with Crippen LogP contribution >= 0.6 is 23.2 Å². The maximum atomic E-state index is 13.4. The van der Waals surface area contributed by atoms with Crippen LogP contribution in [0.1, 0.15) is 70.4 Å². The summed E-state index contributed by atoms with van der Waals surface area (Å²) in [6.45, 7) is 6.93. The van der Waals surface area contributed by atoms with Gasteiger partial charge in [0, 0.05) is 46.8 Å². The van der Waals surface area contributed by atoms with Crippen molar-refractivity contribution in [1.29, 1.82) is 0 Å². The van der Waals surface area contributed by atoms with E-state index in [0.717, 1.165) is 48.8 Å². The van der Waals surface area contributed by atoms with Crippen molar-refractivity contribution in [2.24, 2.45) is 0 Å². The lowest BCUT2D eigenvalue weighted by atomic mass is 9.95. The number of halogens is 2. The predicted octanol–water partition coefficient (Wildman–Crippen LogP) is 7.33. The standard InChI is InChI=1S/C35H44Cl2N6O4/c1-35(2,3)47-34(45)43-17-16-24(18-30(43)33(44)46-25-8-5-6-9-25)42(4)21-22-12-14-23(15-13-22)29-20-39-31(38)32(41-29)40-19-26-27(36)10-7-11-28(26)37/h7,10-15,20,24-25,30H,5-6,8-9,16-19,21H2,1-4H3,(H2,38,39)(H,40,41)/t24?,30-/m1/s1. The first-order valence-electron chi connectivity index (χ1n) is 16.2. The molecular weight excluding hydrogens is 639 g/mol. The van der Waals surface area contributed by atoms with Crippen molar-refractivity contribution >= 4 is 46.9 Å². The number of ether oxygens (including phenoxy) is 2. The molecule has 1 unspecified atom stereocenters. The van der Waals surface area contributed by atoms with E-state index in [1.165, 1.54) is 0 Å². The summed E-state index contributed by atoms with van der Waals surface area (Å²) in [5, 5.41) is 4.32. The smallest absolute Gasteiger partial charge is 0.411 e. The highest BCUT2D eigenvalue weighted by Crippen LogP contribution is 2.30. The molecule has 0 spiro atoms. The number of esters is 1. The topological polar surface area (TPSA) is 123 Å². The largest absolute Gasteiger partial charge is 0.461 e. The van der Waals surface area contributed by atoms with Crippen LogP contribution in [0.3, 0.4) is 0 Å². The van der Waals surface area contributed by atoms with Crippen LogP contribution in [0.5, 0.6) is 0 Å². The predicted molar refractivity (Wildman–Crippen MR) is 185 cm³/mol. The fraction of sp³-hybridized carbons (Fsp3) is 0.486. The molecule has 5 rings (SSSR count). The number of nitrogens with two attached hydrogens (primary N) is 1. The van der Waals surface area contributed by atoms with Crippen molar-refractivity contribution < 1.29 is 19.1 Å². The number of piperidine rings is 1. The van der Waals surface area contributed by atoms with Crippen molar-refractivity contribution in [2.45, 2.75) is 96.2 Å². The number of benzene rings is 2. The summed E-state index contributed by atoms with van der Waals surface area (Å²) in [7, 11) is 2.05. The molecule has 0 bridgehead atoms. The Balaban J connectivity index is 1.23. The summed E-state index contributed by atoms with van der Waals surface area (Å²) in [4.78, 5) is 39.3. The van der Waals surface area contributed by atoms with Gasteiger partial charge in [-0.05, 0) is 84.0 Å². The first-order chi connectivity index (χ1) is 22.4. The molecule has 0 radical (unpaired) electrons. The van der Waals surface area contributed by atoms with E-state index in [4.69, 9.17) is 43.4 Å². The monoisotopic (exact) mass is 682 g/mol. The summed E-state index contributed by atoms with van der Waals surface area (Å²) in [5.41, 5.74) is 8.88. The van der Waals surface area contributed by atoms with Gasteiger partial charge >= 0.3 is 12.1 Å². The quantitative estimate of drug-likeness (QED) is 0.223. The summed E-state index contributed by atoms with van der Waals surface area (Å²) >= 11 is 12.6. The molecule has 10 nitrogen and oxygen atoms in total. The molecule has 1 saturated carbocycles. The van der Waals surface area contributed by atoms with E-state index in [9.17, 15) is 9.59 Å². The molecule has 2 aromatic carbocycles. The second-order valence-corrected chi connectivity index (χ2v) is 14.2. The molecule has 1 aromatic heterocycles. The summed E-state index contributed by atoms with van der Waals surface area (Å²) < 4.78 is 11.5. The van der Waals surface area contributed by atoms with Crippen LogP contribution in [0.25, 0.3) is 11.3 Å². The number of hydrogen-bond donors (Lipinski definition) is 2. The molecule has 3 N–H and O–H groups in total. The molecule has 1 amide bonds. The van der Waals surface area contributed by atoms with Gasteiger partial charge in [-0.1, -0.05) is 53.5 Å². The highest BCUT2D eigenvalue weighted by atomic mass is 35.5. The minimum atomic E-state index is -0.685. The van der Waals surface area contributed by atoms with Crippen LogP contribution in [0, 0.1) is 0 Å². The van der Waals surface area contributed by atoms with Crippen molar-refractivity contribution in [3.63, 3.8) is 0 Å². The normalized spacial score (nSPS) is 18.7. The number of carbonyl (C=O) groups excluding carboxylic acids is 2. The van der Waals surface area contributed by atoms with Crippen LogP contribution in [0.4, 0.5) is 16.4 Å². The average molecular weight is 684 g/mol. The number of likely N-dealkylation sites (tertiary alicyclic amines) is 1. The number of carbonyl (C=O) groups is 2. The maximum Gasteiger partial charge on any atom is 0.411 e. The minimum absolute atomic E-state index is 0.0712. The highest BCUT2D eigenvalue weighted by molar-refractivity contribution is 6.36. The lowest BCUT2D eigenvalue weighted by Crippen LogP contribution is -2.55. The van der Waals surface area contributed by atoms with Gasteiger partial charge in [0.2, 0.25) is 0 Å². The molecule has 2 heterocycles. The Morgan fingerprint density at radius 3 is 2.40 bits per heavy atom.